The maximum absolute atomic E-state index is 13.9. The van der Waals surface area contributed by atoms with Crippen molar-refractivity contribution >= 4 is 15.8 Å². The number of benzene rings is 2. The third kappa shape index (κ3) is 2.96. The Bertz CT molecular complexity index is 1170. The molecular weight excluding hydrogens is 422 g/mol. The fourth-order valence-electron chi connectivity index (χ4n) is 6.44. The molecule has 6 heteroatoms. The predicted molar refractivity (Wildman–Crippen MR) is 120 cm³/mol. The molecule has 0 spiro atoms. The summed E-state index contributed by atoms with van der Waals surface area (Å²) in [6, 6.07) is 16.1. The van der Waals surface area contributed by atoms with Crippen LogP contribution in [0.1, 0.15) is 30.0 Å². The maximum Gasteiger partial charge on any atom is 0.245 e. The Morgan fingerprint density at radius 3 is 2.38 bits per heavy atom. The Morgan fingerprint density at radius 2 is 1.66 bits per heavy atom. The largest absolute Gasteiger partial charge is 0.359 e. The molecule has 0 radical (unpaired) electrons. The number of sulfonamides is 1. The zero-order valence-electron chi connectivity index (χ0n) is 18.0. The van der Waals surface area contributed by atoms with Gasteiger partial charge in [0.2, 0.25) is 10.0 Å². The van der Waals surface area contributed by atoms with Gasteiger partial charge in [-0.1, -0.05) is 60.2 Å². The second-order valence-corrected chi connectivity index (χ2v) is 11.5. The Balaban J connectivity index is 1.40. The fourth-order valence-corrected chi connectivity index (χ4v) is 8.17. The van der Waals surface area contributed by atoms with E-state index in [4.69, 9.17) is 4.74 Å². The molecule has 1 heterocycles. The molecule has 32 heavy (non-hydrogen) atoms. The smallest absolute Gasteiger partial charge is 0.245 e. The number of nitrogens with zero attached hydrogens (tertiary/aromatic N) is 1. The molecule has 4 aliphatic rings. The normalized spacial score (nSPS) is 36.2. The molecule has 3 aliphatic carbocycles. The van der Waals surface area contributed by atoms with Crippen molar-refractivity contribution in [3.8, 4) is 0 Å². The van der Waals surface area contributed by atoms with Crippen molar-refractivity contribution in [2.75, 3.05) is 6.61 Å². The van der Waals surface area contributed by atoms with Crippen LogP contribution in [0.25, 0.3) is 0 Å². The van der Waals surface area contributed by atoms with Gasteiger partial charge in [-0.15, -0.1) is 0 Å². The van der Waals surface area contributed by atoms with Crippen molar-refractivity contribution in [2.45, 2.75) is 36.9 Å². The minimum absolute atomic E-state index is 0.0262. The van der Waals surface area contributed by atoms with Crippen LogP contribution in [0.4, 0.5) is 0 Å². The number of ether oxygens (including phenoxy) is 1. The first-order valence-corrected chi connectivity index (χ1v) is 12.9. The lowest BCUT2D eigenvalue weighted by molar-refractivity contribution is -0.129. The van der Waals surface area contributed by atoms with Gasteiger partial charge in [-0.25, -0.2) is 8.42 Å². The third-order valence-corrected chi connectivity index (χ3v) is 9.84. The number of allylic oxidation sites excluding steroid dienone is 2. The highest BCUT2D eigenvalue weighted by Crippen LogP contribution is 2.57. The first-order chi connectivity index (χ1) is 15.4. The number of carbonyl (C=O) groups is 1. The summed E-state index contributed by atoms with van der Waals surface area (Å²) in [5.41, 5.74) is 1.89. The van der Waals surface area contributed by atoms with Crippen molar-refractivity contribution < 1.29 is 17.9 Å². The van der Waals surface area contributed by atoms with Gasteiger partial charge in [0, 0.05) is 5.92 Å². The molecule has 5 nitrogen and oxygen atoms in total. The highest BCUT2D eigenvalue weighted by molar-refractivity contribution is 7.89. The number of aryl methyl sites for hydroxylation is 1. The molecule has 2 saturated carbocycles. The van der Waals surface area contributed by atoms with Crippen LogP contribution < -0.4 is 0 Å². The first-order valence-electron chi connectivity index (χ1n) is 11.4. The Morgan fingerprint density at radius 1 is 0.938 bits per heavy atom. The first kappa shape index (κ1) is 20.3. The number of hydrogen-bond donors (Lipinski definition) is 0. The Labute approximate surface area is 189 Å². The summed E-state index contributed by atoms with van der Waals surface area (Å²) >= 11 is 0. The zero-order chi connectivity index (χ0) is 22.0. The molecule has 2 bridgehead atoms. The molecule has 1 aliphatic heterocycles. The molecule has 0 N–H and O–H groups in total. The molecule has 0 aromatic heterocycles. The second kappa shape index (κ2) is 7.37. The summed E-state index contributed by atoms with van der Waals surface area (Å²) in [5, 5.41) is 0. The predicted octanol–water partition coefficient (Wildman–Crippen LogP) is 4.11. The zero-order valence-corrected chi connectivity index (χ0v) is 18.8. The van der Waals surface area contributed by atoms with E-state index in [0.717, 1.165) is 17.5 Å². The molecule has 7 atom stereocenters. The quantitative estimate of drug-likeness (QED) is 0.659. The van der Waals surface area contributed by atoms with E-state index < -0.39 is 28.2 Å². The van der Waals surface area contributed by atoms with Gasteiger partial charge in [-0.3, -0.25) is 4.79 Å². The van der Waals surface area contributed by atoms with Gasteiger partial charge in [-0.2, -0.15) is 4.31 Å². The lowest BCUT2D eigenvalue weighted by Gasteiger charge is -2.31. The standard InChI is InChI=1S/C26H27NO4S/c1-16-7-11-20(12-8-16)32(29,30)27-23(17-5-3-2-4-6-17)15-31-26(27)22-14-21-18-9-10-19(13-18)24(21)25(22)28/h2-12,18-19,21-24,26H,13-15H2,1H3/t18-,19+,21-,22+,23+,24+,26-/m0/s1. The van der Waals surface area contributed by atoms with Gasteiger partial charge >= 0.3 is 0 Å². The molecule has 1 saturated heterocycles. The fraction of sp³-hybridized carbons (Fsp3) is 0.423. The molecule has 2 aromatic carbocycles. The van der Waals surface area contributed by atoms with Crippen molar-refractivity contribution in [2.24, 2.45) is 29.6 Å². The van der Waals surface area contributed by atoms with Crippen LogP contribution in [-0.2, 0) is 19.6 Å². The van der Waals surface area contributed by atoms with Gasteiger partial charge in [0.05, 0.1) is 23.5 Å². The summed E-state index contributed by atoms with van der Waals surface area (Å²) < 4.78 is 35.5. The number of Topliss-reactive ketones (excluding diaryl/α,β-unsaturated/α-hetero) is 1. The van der Waals surface area contributed by atoms with Crippen molar-refractivity contribution in [1.82, 2.24) is 4.31 Å². The van der Waals surface area contributed by atoms with E-state index in [0.29, 0.717) is 24.2 Å². The molecule has 166 valence electrons. The van der Waals surface area contributed by atoms with Gasteiger partial charge in [-0.05, 0) is 55.2 Å². The van der Waals surface area contributed by atoms with E-state index in [1.165, 1.54) is 4.31 Å². The van der Waals surface area contributed by atoms with E-state index in [1.807, 2.05) is 49.4 Å². The maximum atomic E-state index is 13.9. The van der Waals surface area contributed by atoms with Crippen LogP contribution in [0.15, 0.2) is 71.6 Å². The lowest BCUT2D eigenvalue weighted by Crippen LogP contribution is -2.44. The summed E-state index contributed by atoms with van der Waals surface area (Å²) in [5.74, 6) is 0.895. The molecule has 0 amide bonds. The van der Waals surface area contributed by atoms with Crippen molar-refractivity contribution in [3.63, 3.8) is 0 Å². The van der Waals surface area contributed by atoms with E-state index in [-0.39, 0.29) is 23.2 Å². The minimum atomic E-state index is -3.86. The second-order valence-electron chi connectivity index (χ2n) is 9.68. The molecule has 2 aromatic rings. The SMILES string of the molecule is Cc1ccc(S(=O)(=O)N2[C@@H](c3ccccc3)CO[C@H]2[C@@H]2C[C@@H]3[C@H](C2=O)[C@@H]2C=C[C@H]3C2)cc1. The van der Waals surface area contributed by atoms with Crippen LogP contribution in [0.5, 0.6) is 0 Å². The monoisotopic (exact) mass is 449 g/mol. The Kier molecular flexibility index (Phi) is 4.68. The highest BCUT2D eigenvalue weighted by atomic mass is 32.2. The number of carbonyl (C=O) groups excluding carboxylic acids is 1. The van der Waals surface area contributed by atoms with E-state index in [1.54, 1.807) is 12.1 Å². The average molecular weight is 450 g/mol. The van der Waals surface area contributed by atoms with Gasteiger partial charge in [0.15, 0.2) is 0 Å². The number of rotatable bonds is 4. The van der Waals surface area contributed by atoms with Gasteiger partial charge < -0.3 is 4.74 Å². The van der Waals surface area contributed by atoms with Gasteiger partial charge in [0.25, 0.3) is 0 Å². The van der Waals surface area contributed by atoms with E-state index in [2.05, 4.69) is 12.2 Å². The van der Waals surface area contributed by atoms with E-state index >= 15 is 0 Å². The van der Waals surface area contributed by atoms with Crippen LogP contribution >= 0.6 is 0 Å². The summed E-state index contributed by atoms with van der Waals surface area (Å²) in [4.78, 5) is 13.8. The van der Waals surface area contributed by atoms with Crippen molar-refractivity contribution in [3.05, 3.63) is 77.9 Å². The molecule has 0 unspecified atom stereocenters. The topological polar surface area (TPSA) is 63.7 Å². The molecule has 3 fully saturated rings. The Hall–Kier alpha value is -2.28. The summed E-state index contributed by atoms with van der Waals surface area (Å²) in [7, 11) is -3.86. The van der Waals surface area contributed by atoms with Crippen LogP contribution in [0.2, 0.25) is 0 Å². The number of fused-ring (bicyclic) bond motifs is 5. The molecule has 6 rings (SSSR count). The summed E-state index contributed by atoms with van der Waals surface area (Å²) in [6.45, 7) is 2.19. The van der Waals surface area contributed by atoms with Crippen molar-refractivity contribution in [1.29, 1.82) is 0 Å². The number of ketones is 1. The average Bonchev–Trinajstić information content (AvgIpc) is 3.56. The third-order valence-electron chi connectivity index (χ3n) is 7.95. The van der Waals surface area contributed by atoms with Crippen LogP contribution in [0.3, 0.4) is 0 Å². The highest BCUT2D eigenvalue weighted by Gasteiger charge is 2.59. The van der Waals surface area contributed by atoms with Crippen LogP contribution in [0, 0.1) is 36.5 Å². The van der Waals surface area contributed by atoms with Gasteiger partial charge in [0.1, 0.15) is 12.0 Å². The molecular formula is C26H27NO4S. The summed E-state index contributed by atoms with van der Waals surface area (Å²) in [6.07, 6.45) is 5.46. The minimum Gasteiger partial charge on any atom is -0.359 e. The lowest BCUT2D eigenvalue weighted by atomic mass is 9.86. The number of hydrogen-bond acceptors (Lipinski definition) is 4. The van der Waals surface area contributed by atoms with Crippen LogP contribution in [-0.4, -0.2) is 31.3 Å². The van der Waals surface area contributed by atoms with E-state index in [9.17, 15) is 13.2 Å².